The number of aromatic amines is 7. The number of aromatic carboxylic acids is 3. The van der Waals surface area contributed by atoms with Gasteiger partial charge in [0.1, 0.15) is 17.1 Å². The van der Waals surface area contributed by atoms with E-state index >= 15 is 0 Å². The summed E-state index contributed by atoms with van der Waals surface area (Å²) < 4.78 is 0. The van der Waals surface area contributed by atoms with Crippen molar-refractivity contribution in [3.05, 3.63) is 224 Å². The summed E-state index contributed by atoms with van der Waals surface area (Å²) in [5, 5.41) is 75.6. The average Bonchev–Trinajstić information content (AvgIpc) is 2.16. The van der Waals surface area contributed by atoms with Crippen molar-refractivity contribution in [1.82, 2.24) is 39.9 Å². The third-order valence-electron chi connectivity index (χ3n) is 15.3. The Bertz CT molecular complexity index is 5320. The zero-order chi connectivity index (χ0) is 59.3. The highest BCUT2D eigenvalue weighted by molar-refractivity contribution is 6.12. The molecule has 0 atom stereocenters. The molecule has 18 nitrogen and oxygen atoms in total. The molecule has 0 fully saturated rings. The molecule has 16 rings (SSSR count). The highest BCUT2D eigenvalue weighted by Crippen LogP contribution is 2.45. The van der Waals surface area contributed by atoms with Crippen molar-refractivity contribution in [2.75, 3.05) is 0 Å². The molecule has 0 saturated carbocycles. The first-order chi connectivity index (χ1) is 41.8. The normalized spacial score (nSPS) is 11.3. The number of pyridine rings is 1. The highest BCUT2D eigenvalue weighted by Gasteiger charge is 2.20. The van der Waals surface area contributed by atoms with Crippen LogP contribution in [0.4, 0.5) is 0 Å². The molecule has 8 heterocycles. The van der Waals surface area contributed by atoms with Crippen LogP contribution in [0.25, 0.3) is 132 Å². The van der Waals surface area contributed by atoms with Crippen LogP contribution in [0.2, 0.25) is 0 Å². The number of carbonyl (C=O) groups is 3. The van der Waals surface area contributed by atoms with Gasteiger partial charge in [-0.2, -0.15) is 0 Å². The Labute approximate surface area is 484 Å². The van der Waals surface area contributed by atoms with Crippen molar-refractivity contribution in [3.8, 4) is 67.5 Å². The van der Waals surface area contributed by atoms with Gasteiger partial charge in [0, 0.05) is 159 Å². The van der Waals surface area contributed by atoms with Gasteiger partial charge in [-0.1, -0.05) is 54.6 Å². The minimum Gasteiger partial charge on any atom is -0.508 e. The third kappa shape index (κ3) is 9.51. The van der Waals surface area contributed by atoms with Gasteiger partial charge in [-0.25, -0.2) is 19.4 Å². The van der Waals surface area contributed by atoms with Crippen LogP contribution >= 0.6 is 0 Å². The molecule has 0 amide bonds. The number of hydrogen-bond acceptors (Lipinski definition) is 8. The molecule has 86 heavy (non-hydrogen) atoms. The first-order valence-corrected chi connectivity index (χ1v) is 26.8. The maximum absolute atomic E-state index is 11.3. The Kier molecular flexibility index (Phi) is 13.2. The molecule has 0 bridgehead atoms. The van der Waals surface area contributed by atoms with Gasteiger partial charge in [0.2, 0.25) is 0 Å². The van der Waals surface area contributed by atoms with Gasteiger partial charge >= 0.3 is 17.9 Å². The molecular formula is C68H48N8O10. The first-order valence-electron chi connectivity index (χ1n) is 26.8. The molecule has 0 saturated heterocycles. The number of carboxylic acids is 3. The summed E-state index contributed by atoms with van der Waals surface area (Å²) in [6, 6.07) is 46.5. The molecule has 8 aromatic carbocycles. The van der Waals surface area contributed by atoms with E-state index in [0.717, 1.165) is 110 Å². The van der Waals surface area contributed by atoms with Crippen LogP contribution in [0, 0.1) is 0 Å². The second-order valence-corrected chi connectivity index (χ2v) is 20.3. The van der Waals surface area contributed by atoms with Gasteiger partial charge in [-0.05, 0) is 114 Å². The Balaban J connectivity index is 0.000000107. The maximum Gasteiger partial charge on any atom is 0.337 e. The maximum atomic E-state index is 11.3. The molecule has 0 aliphatic carbocycles. The van der Waals surface area contributed by atoms with Crippen LogP contribution in [-0.2, 0) is 0 Å². The number of aromatic nitrogens is 8. The number of para-hydroxylation sites is 2. The number of rotatable bonds is 7. The molecular weight excluding hydrogens is 1090 g/mol. The second kappa shape index (κ2) is 21.5. The van der Waals surface area contributed by atoms with Gasteiger partial charge < -0.3 is 70.6 Å². The summed E-state index contributed by atoms with van der Waals surface area (Å²) in [5.74, 6) is -2.87. The number of phenolic OH excluding ortho intramolecular Hbond substituents is 4. The summed E-state index contributed by atoms with van der Waals surface area (Å²) in [5.41, 5.74) is 14.0. The molecule has 14 N–H and O–H groups in total. The average molecular weight is 1140 g/mol. The van der Waals surface area contributed by atoms with Crippen LogP contribution in [-0.4, -0.2) is 93.5 Å². The van der Waals surface area contributed by atoms with Crippen molar-refractivity contribution in [3.63, 3.8) is 0 Å². The lowest BCUT2D eigenvalue weighted by molar-refractivity contribution is 0.0686. The van der Waals surface area contributed by atoms with Gasteiger partial charge in [-0.15, -0.1) is 0 Å². The van der Waals surface area contributed by atoms with E-state index in [4.69, 9.17) is 5.11 Å². The predicted molar refractivity (Wildman–Crippen MR) is 333 cm³/mol. The fourth-order valence-electron chi connectivity index (χ4n) is 11.2. The van der Waals surface area contributed by atoms with E-state index in [1.54, 1.807) is 79.1 Å². The lowest BCUT2D eigenvalue weighted by Gasteiger charge is -2.10. The van der Waals surface area contributed by atoms with E-state index in [0.29, 0.717) is 27.6 Å². The number of aromatic hydroxyl groups is 4. The molecule has 0 unspecified atom stereocenters. The SMILES string of the molecule is O=C(O)c1ccc2[nH]cc(-c3c(O)c(O)cc4ccccc34)c2c1.O=C(O)c1ccc2[nH]cc(-c3c[nH]c4ccc(O)cc34)c2c1.O=C(O)c1cccc2c(-c3c[nH]c4ccccc34)c[nH]c12.Oc1ccc2[nH]cc(-c3c[nH]c4ncccc34)c2c1. The van der Waals surface area contributed by atoms with Crippen LogP contribution in [0.15, 0.2) is 207 Å². The van der Waals surface area contributed by atoms with Gasteiger partial charge in [0.05, 0.1) is 22.2 Å². The third-order valence-corrected chi connectivity index (χ3v) is 15.3. The van der Waals surface area contributed by atoms with E-state index in [2.05, 4.69) is 45.9 Å². The number of phenols is 4. The van der Waals surface area contributed by atoms with Gasteiger partial charge in [0.15, 0.2) is 11.5 Å². The minimum atomic E-state index is -1.02. The van der Waals surface area contributed by atoms with E-state index < -0.39 is 17.9 Å². The minimum absolute atomic E-state index is 0.160. The molecule has 18 heteroatoms. The molecule has 420 valence electrons. The lowest BCUT2D eigenvalue weighted by atomic mass is 9.95. The van der Waals surface area contributed by atoms with E-state index in [-0.39, 0.29) is 34.1 Å². The standard InChI is InChI=1S/C19H13NO4.C17H12N2O3.C17H12N2O2.C15H11N3O/c21-16-8-10-3-1-2-4-12(10)17(18(16)22)14-9-20-15-6-5-11(19(23)24)7-13(14)15;20-10-2-4-16-12(6-10)14(8-19-16)13-7-18-15-3-1-9(17(21)22)5-11(13)15;20-17(21)12-6-3-5-11-14(9-19-16(11)12)13-8-18-15-7-2-1-4-10(13)15;19-9-3-4-14-11(6-9)13(7-17-14)12-8-18-15-10(12)2-1-5-16-15/h1-9,20-22H,(H,23,24);1-8,18-20H,(H,21,22);1-9,18-19H,(H,20,21);1-8,17,19H,(H,16,18). The Morgan fingerprint density at radius 2 is 0.791 bits per heavy atom. The Morgan fingerprint density at radius 1 is 0.349 bits per heavy atom. The van der Waals surface area contributed by atoms with Crippen LogP contribution < -0.4 is 0 Å². The van der Waals surface area contributed by atoms with Crippen molar-refractivity contribution in [2.45, 2.75) is 0 Å². The van der Waals surface area contributed by atoms with Gasteiger partial charge in [-0.3, -0.25) is 0 Å². The highest BCUT2D eigenvalue weighted by atomic mass is 16.4. The van der Waals surface area contributed by atoms with E-state index in [1.165, 1.54) is 12.1 Å². The fourth-order valence-corrected chi connectivity index (χ4v) is 11.2. The fraction of sp³-hybridized carbons (Fsp3) is 0. The predicted octanol–water partition coefficient (Wildman–Crippen LogP) is 15.2. The number of nitrogens with one attached hydrogen (secondary N) is 7. The summed E-state index contributed by atoms with van der Waals surface area (Å²) in [4.78, 5) is 60.1. The van der Waals surface area contributed by atoms with Crippen molar-refractivity contribution < 1.29 is 50.1 Å². The van der Waals surface area contributed by atoms with Gasteiger partial charge in [0.25, 0.3) is 0 Å². The second-order valence-electron chi connectivity index (χ2n) is 20.3. The zero-order valence-corrected chi connectivity index (χ0v) is 44.9. The molecule has 0 aliphatic heterocycles. The van der Waals surface area contributed by atoms with Crippen LogP contribution in [0.3, 0.4) is 0 Å². The smallest absolute Gasteiger partial charge is 0.337 e. The van der Waals surface area contributed by atoms with Crippen LogP contribution in [0.5, 0.6) is 23.0 Å². The van der Waals surface area contributed by atoms with E-state index in [1.807, 2.05) is 110 Å². The van der Waals surface area contributed by atoms with Crippen LogP contribution in [0.1, 0.15) is 31.1 Å². The quantitative estimate of drug-likeness (QED) is 0.0665. The monoisotopic (exact) mass is 1140 g/mol. The van der Waals surface area contributed by atoms with Crippen molar-refractivity contribution in [2.24, 2.45) is 0 Å². The molecule has 8 aromatic heterocycles. The Morgan fingerprint density at radius 3 is 1.38 bits per heavy atom. The zero-order valence-electron chi connectivity index (χ0n) is 44.9. The number of nitrogens with zero attached hydrogens (tertiary/aromatic N) is 1. The number of hydrogen-bond donors (Lipinski definition) is 14. The first kappa shape index (κ1) is 52.9. The van der Waals surface area contributed by atoms with E-state index in [9.17, 15) is 45.0 Å². The molecule has 0 radical (unpaired) electrons. The molecule has 16 aromatic rings. The lowest BCUT2D eigenvalue weighted by Crippen LogP contribution is -1.96. The Hall–Kier alpha value is -12.4. The summed E-state index contributed by atoms with van der Waals surface area (Å²) in [6.07, 6.45) is 14.9. The molecule has 0 aliphatic rings. The number of fused-ring (bicyclic) bond motifs is 8. The number of H-pyrrole nitrogens is 7. The number of benzene rings is 8. The number of carboxylic acid groups (broad SMARTS) is 3. The largest absolute Gasteiger partial charge is 0.508 e. The summed E-state index contributed by atoms with van der Waals surface area (Å²) >= 11 is 0. The summed E-state index contributed by atoms with van der Waals surface area (Å²) in [6.45, 7) is 0. The summed E-state index contributed by atoms with van der Waals surface area (Å²) in [7, 11) is 0. The topological polar surface area (TPSA) is 316 Å². The van der Waals surface area contributed by atoms with Crippen molar-refractivity contribution in [1.29, 1.82) is 0 Å². The molecule has 0 spiro atoms. The van der Waals surface area contributed by atoms with Crippen molar-refractivity contribution >= 4 is 105 Å².